The van der Waals surface area contributed by atoms with Crippen LogP contribution < -0.4 is 11.5 Å². The first-order valence-corrected chi connectivity index (χ1v) is 38.3. The van der Waals surface area contributed by atoms with Crippen molar-refractivity contribution < 1.29 is 10.2 Å². The molecule has 14 nitrogen and oxygen atoms in total. The van der Waals surface area contributed by atoms with E-state index in [9.17, 15) is 20.7 Å². The molecule has 6 aromatic rings. The van der Waals surface area contributed by atoms with Gasteiger partial charge in [-0.25, -0.2) is 0 Å². The van der Waals surface area contributed by atoms with Gasteiger partial charge in [-0.2, -0.15) is 20.8 Å². The molecule has 6 aliphatic rings. The highest BCUT2D eigenvalue weighted by atomic mass is 32.2. The van der Waals surface area contributed by atoms with Crippen LogP contribution >= 0.6 is 23.5 Å². The van der Waals surface area contributed by atoms with E-state index < -0.39 is 12.2 Å². The normalized spacial score (nSPS) is 23.3. The molecule has 6 aromatic carbocycles. The van der Waals surface area contributed by atoms with E-state index in [1.165, 1.54) is 71.5 Å². The lowest BCUT2D eigenvalue weighted by Gasteiger charge is -2.39. The Bertz CT molecular complexity index is 3170. The highest BCUT2D eigenvalue weighted by Gasteiger charge is 2.49. The first-order valence-electron chi connectivity index (χ1n) is 35.9. The number of aliphatic hydroxyl groups is 2. The van der Waals surface area contributed by atoms with Crippen molar-refractivity contribution in [1.29, 1.82) is 15.8 Å². The Kier molecular flexibility index (Phi) is 29.1. The van der Waals surface area contributed by atoms with Crippen LogP contribution in [0.4, 0.5) is 0 Å². The molecule has 2 heterocycles. The molecule has 518 valence electrons. The van der Waals surface area contributed by atoms with Crippen LogP contribution in [0, 0.1) is 81.7 Å². The van der Waals surface area contributed by atoms with Gasteiger partial charge in [0, 0.05) is 50.3 Å². The SMILES string of the molecule is CSC(=NC#N)SC.C[C@@H]1[C@@H](C)[C@@H](Cc2ccccc2)N(CC2CC2)C(=NC#N)N(CC2CC2)[C@@H]1Cc1ccccc1.C[C@H]([C@@H](C)[C@H](N)Cc1ccccc1)[C@H](N)Cc1ccccc1.N#CN=C1N(CC2CC2)[C@H](Cc2ccccc2)[C@H](O)[C@@H](O)[C@@H](Cc2ccccc2)N1CC1CC1. The lowest BCUT2D eigenvalue weighted by atomic mass is 9.79. The van der Waals surface area contributed by atoms with Crippen LogP contribution in [0.3, 0.4) is 0 Å². The zero-order valence-corrected chi connectivity index (χ0v) is 60.3. The molecule has 4 aliphatic carbocycles. The molecule has 16 heteroatoms. The maximum absolute atomic E-state index is 11.6. The Balaban J connectivity index is 0.000000166. The van der Waals surface area contributed by atoms with Crippen molar-refractivity contribution in [2.24, 2.45) is 73.8 Å². The number of aliphatic imine (C=N–C) groups is 3. The van der Waals surface area contributed by atoms with Gasteiger partial charge in [-0.1, -0.05) is 210 Å². The lowest BCUT2D eigenvalue weighted by molar-refractivity contribution is -0.0401. The summed E-state index contributed by atoms with van der Waals surface area (Å²) in [6.07, 6.45) is 22.7. The predicted octanol–water partition coefficient (Wildman–Crippen LogP) is 13.9. The first kappa shape index (κ1) is 74.8. The number of nitrogens with zero attached hydrogens (tertiary/aromatic N) is 10. The molecule has 0 radical (unpaired) electrons. The van der Waals surface area contributed by atoms with E-state index in [1.54, 1.807) is 6.19 Å². The number of nitriles is 3. The van der Waals surface area contributed by atoms with Crippen molar-refractivity contribution >= 4 is 39.8 Å². The molecule has 12 atom stereocenters. The molecule has 6 N–H and O–H groups in total. The van der Waals surface area contributed by atoms with Crippen LogP contribution in [-0.2, 0) is 38.5 Å². The molecular formula is C82H106N12O2S2. The fourth-order valence-corrected chi connectivity index (χ4v) is 15.1. The molecule has 0 amide bonds. The van der Waals surface area contributed by atoms with Crippen molar-refractivity contribution in [2.45, 2.75) is 166 Å². The number of rotatable bonds is 23. The summed E-state index contributed by atoms with van der Waals surface area (Å²) in [6.45, 7) is 12.9. The third-order valence-electron chi connectivity index (χ3n) is 21.2. The van der Waals surface area contributed by atoms with Gasteiger partial charge >= 0.3 is 0 Å². The van der Waals surface area contributed by atoms with Crippen molar-refractivity contribution in [3.8, 4) is 18.6 Å². The number of hydrogen-bond acceptors (Lipinski definition) is 12. The van der Waals surface area contributed by atoms with E-state index in [-0.39, 0.29) is 24.2 Å². The fourth-order valence-electron chi connectivity index (χ4n) is 14.2. The van der Waals surface area contributed by atoms with Crippen LogP contribution in [0.1, 0.15) is 112 Å². The summed E-state index contributed by atoms with van der Waals surface area (Å²) < 4.78 is 0.813. The molecule has 0 unspecified atom stereocenters. The summed E-state index contributed by atoms with van der Waals surface area (Å²) in [5.74, 6) is 5.87. The standard InChI is InChI=1S/C30H38N4.C28H34N4O2.C20H28N2.C4H6N2S2/c1-22-23(2)29(18-25-11-7-4-8-12-25)34(20-27-15-16-27)30(32-21-31)33(19-26-13-14-26)28(22)17-24-9-5-3-6-10-24;29-19-30-28-31(17-22-11-12-22)24(15-20-7-3-1-4-8-20)26(33)27(34)25(32(28)18-23-13-14-23)16-21-9-5-2-6-10-21;1-15(19(21)13-17-9-5-3-6-10-17)16(2)20(22)14-18-11-7-4-8-12-18;1-7-4(8-2)6-3-5/h3-12,22-23,26-29H,13-20H2,1-2H3;1-10,22-27,33-34H,11-18H2;3-12,15-16,19-20H,13-14,21-22H2,1-2H3;1-2H3/t22-,23-,28-,29-;24-,25-,26+,27+;15-,16-,19-,20-;/m111./s1. The van der Waals surface area contributed by atoms with E-state index in [0.29, 0.717) is 66.4 Å². The van der Waals surface area contributed by atoms with Gasteiger partial charge in [-0.05, 0) is 183 Å². The summed E-state index contributed by atoms with van der Waals surface area (Å²) in [7, 11) is 0. The van der Waals surface area contributed by atoms with Crippen molar-refractivity contribution in [1.82, 2.24) is 19.6 Å². The largest absolute Gasteiger partial charge is 0.388 e. The molecule has 0 aromatic heterocycles. The summed E-state index contributed by atoms with van der Waals surface area (Å²) in [6, 6.07) is 63.2. The third kappa shape index (κ3) is 22.5. The maximum Gasteiger partial charge on any atom is 0.213 e. The third-order valence-corrected chi connectivity index (χ3v) is 23.0. The zero-order valence-electron chi connectivity index (χ0n) is 58.6. The number of guanidine groups is 2. The van der Waals surface area contributed by atoms with Crippen molar-refractivity contribution in [3.63, 3.8) is 0 Å². The molecule has 12 rings (SSSR count). The molecule has 4 saturated carbocycles. The second-order valence-corrected chi connectivity index (χ2v) is 30.3. The minimum atomic E-state index is -0.958. The van der Waals surface area contributed by atoms with E-state index in [2.05, 4.69) is 208 Å². The van der Waals surface area contributed by atoms with Gasteiger partial charge in [0.05, 0.1) is 12.1 Å². The lowest BCUT2D eigenvalue weighted by Crippen LogP contribution is -2.53. The first-order chi connectivity index (χ1) is 47.7. The number of nitrogens with two attached hydrogens (primary N) is 2. The monoisotopic (exact) mass is 1350 g/mol. The Hall–Kier alpha value is -7.46. The number of hydrogen-bond donors (Lipinski definition) is 4. The van der Waals surface area contributed by atoms with Crippen LogP contribution in [0.15, 0.2) is 197 Å². The number of benzene rings is 6. The quantitative estimate of drug-likeness (QED) is 0.0267. The van der Waals surface area contributed by atoms with Crippen molar-refractivity contribution in [3.05, 3.63) is 215 Å². The summed E-state index contributed by atoms with van der Waals surface area (Å²) in [5.41, 5.74) is 20.4. The maximum atomic E-state index is 11.6. The topological polar surface area (TPSA) is 214 Å². The van der Waals surface area contributed by atoms with Gasteiger partial charge < -0.3 is 41.3 Å². The smallest absolute Gasteiger partial charge is 0.213 e. The van der Waals surface area contributed by atoms with Gasteiger partial charge in [0.1, 0.15) is 16.6 Å². The Morgan fingerprint density at radius 3 is 0.888 bits per heavy atom. The molecule has 6 fully saturated rings. The molecular weight excluding hydrogens is 1250 g/mol. The Morgan fingerprint density at radius 1 is 0.418 bits per heavy atom. The van der Waals surface area contributed by atoms with Crippen molar-refractivity contribution in [2.75, 3.05) is 38.7 Å². The highest BCUT2D eigenvalue weighted by molar-refractivity contribution is 8.38. The average Bonchev–Trinajstić information content (AvgIpc) is 1.61. The molecule has 0 bridgehead atoms. The van der Waals surface area contributed by atoms with Crippen LogP contribution in [0.5, 0.6) is 0 Å². The second-order valence-electron chi connectivity index (χ2n) is 28.4. The van der Waals surface area contributed by atoms with Crippen LogP contribution in [-0.4, -0.2) is 133 Å². The van der Waals surface area contributed by atoms with E-state index in [0.717, 1.165) is 111 Å². The van der Waals surface area contributed by atoms with Crippen LogP contribution in [0.2, 0.25) is 0 Å². The Morgan fingerprint density at radius 2 is 0.663 bits per heavy atom. The van der Waals surface area contributed by atoms with E-state index in [1.807, 2.05) is 61.0 Å². The average molecular weight is 1360 g/mol. The number of aliphatic hydroxyl groups excluding tert-OH is 2. The second kappa shape index (κ2) is 38.2. The minimum Gasteiger partial charge on any atom is -0.388 e. The van der Waals surface area contributed by atoms with Gasteiger partial charge in [0.2, 0.25) is 30.5 Å². The molecule has 98 heavy (non-hydrogen) atoms. The molecule has 2 aliphatic heterocycles. The van der Waals surface area contributed by atoms with Crippen LogP contribution in [0.25, 0.3) is 0 Å². The van der Waals surface area contributed by atoms with E-state index >= 15 is 0 Å². The summed E-state index contributed by atoms with van der Waals surface area (Å²) in [5, 5.41) is 50.8. The minimum absolute atomic E-state index is 0.138. The molecule has 0 spiro atoms. The van der Waals surface area contributed by atoms with Gasteiger partial charge in [0.15, 0.2) is 0 Å². The number of thioether (sulfide) groups is 2. The van der Waals surface area contributed by atoms with Gasteiger partial charge in [-0.3, -0.25) is 0 Å². The Labute approximate surface area is 594 Å². The van der Waals surface area contributed by atoms with E-state index in [4.69, 9.17) is 16.7 Å². The fraction of sp³-hybridized carbons (Fsp3) is 0.488. The summed E-state index contributed by atoms with van der Waals surface area (Å²) in [4.78, 5) is 21.9. The molecule has 2 saturated heterocycles. The predicted molar refractivity (Wildman–Crippen MR) is 405 cm³/mol. The van der Waals surface area contributed by atoms with Gasteiger partial charge in [0.25, 0.3) is 0 Å². The van der Waals surface area contributed by atoms with Gasteiger partial charge in [-0.15, -0.1) is 33.5 Å². The summed E-state index contributed by atoms with van der Waals surface area (Å²) >= 11 is 2.97. The highest BCUT2D eigenvalue weighted by Crippen LogP contribution is 2.42. The zero-order chi connectivity index (χ0) is 69.3.